The van der Waals surface area contributed by atoms with Crippen molar-refractivity contribution in [1.82, 2.24) is 15.5 Å². The van der Waals surface area contributed by atoms with Crippen LogP contribution in [0.2, 0.25) is 0 Å². The van der Waals surface area contributed by atoms with Crippen LogP contribution in [-0.2, 0) is 28.6 Å². The monoisotopic (exact) mass is 567 g/mol. The van der Waals surface area contributed by atoms with E-state index in [1.165, 1.54) is 13.1 Å². The van der Waals surface area contributed by atoms with Crippen LogP contribution in [0.3, 0.4) is 0 Å². The van der Waals surface area contributed by atoms with Crippen LogP contribution in [-0.4, -0.2) is 107 Å². The lowest BCUT2D eigenvalue weighted by molar-refractivity contribution is -0.130. The third-order valence-corrected chi connectivity index (χ3v) is 5.30. The fraction of sp³-hybridized carbons (Fsp3) is 0.571. The molecule has 1 aromatic rings. The van der Waals surface area contributed by atoms with E-state index in [0.717, 1.165) is 4.90 Å². The van der Waals surface area contributed by atoms with Gasteiger partial charge in [-0.3, -0.25) is 24.1 Å². The Hall–Kier alpha value is -3.32. The minimum absolute atomic E-state index is 0.0246. The van der Waals surface area contributed by atoms with Crippen LogP contribution in [0.5, 0.6) is 5.75 Å². The molecule has 0 aromatic heterocycles. The number of allylic oxidation sites excluding steroid dienone is 1. The maximum absolute atomic E-state index is 13.2. The molecule has 12 heteroatoms. The Morgan fingerprint density at radius 2 is 1.68 bits per heavy atom. The highest BCUT2D eigenvalue weighted by Gasteiger charge is 2.30. The van der Waals surface area contributed by atoms with Crippen molar-refractivity contribution in [3.8, 4) is 5.75 Å². The number of likely N-dealkylation sites (N-methyl/N-ethyl adjacent to an activating group) is 1. The lowest BCUT2D eigenvalue weighted by Crippen LogP contribution is -2.48. The quantitative estimate of drug-likeness (QED) is 0.113. The molecule has 3 N–H and O–H groups in total. The first kappa shape index (κ1) is 36.7. The minimum atomic E-state index is -0.989. The lowest BCUT2D eigenvalue weighted by atomic mass is 10.0. The van der Waals surface area contributed by atoms with E-state index in [2.05, 4.69) is 17.2 Å². The number of rotatable bonds is 21. The minimum Gasteiger partial charge on any atom is -0.483 e. The van der Waals surface area contributed by atoms with Gasteiger partial charge in [-0.1, -0.05) is 26.0 Å². The molecule has 4 amide bonds. The molecule has 0 radical (unpaired) electrons. The third-order valence-electron chi connectivity index (χ3n) is 5.30. The van der Waals surface area contributed by atoms with Crippen LogP contribution < -0.4 is 15.4 Å². The van der Waals surface area contributed by atoms with Crippen LogP contribution in [0, 0.1) is 6.92 Å². The summed E-state index contributed by atoms with van der Waals surface area (Å²) in [5.74, 6) is -1.19. The van der Waals surface area contributed by atoms with Gasteiger partial charge in [0.15, 0.2) is 6.61 Å². The number of nitrogens with one attached hydrogen (secondary N) is 2. The molecule has 0 spiro atoms. The van der Waals surface area contributed by atoms with Gasteiger partial charge in [0.05, 0.1) is 46.2 Å². The zero-order valence-electron chi connectivity index (χ0n) is 24.1. The number of ether oxygens (including phenoxy) is 4. The summed E-state index contributed by atoms with van der Waals surface area (Å²) >= 11 is 0. The molecule has 0 saturated heterocycles. The number of carbonyl (C=O) groups excluding carboxylic acids is 4. The van der Waals surface area contributed by atoms with Crippen molar-refractivity contribution in [3.05, 3.63) is 42.0 Å². The predicted molar refractivity (Wildman–Crippen MR) is 150 cm³/mol. The average Bonchev–Trinajstić information content (AvgIpc) is 2.97. The first-order valence-electron chi connectivity index (χ1n) is 13.3. The predicted octanol–water partition coefficient (Wildman–Crippen LogP) is 1.24. The van der Waals surface area contributed by atoms with Crippen molar-refractivity contribution in [2.24, 2.45) is 0 Å². The highest BCUT2D eigenvalue weighted by molar-refractivity contribution is 6.04. The number of benzene rings is 1. The highest BCUT2D eigenvalue weighted by atomic mass is 16.5. The van der Waals surface area contributed by atoms with Crippen LogP contribution in [0.15, 0.2) is 30.9 Å². The molecule has 226 valence electrons. The van der Waals surface area contributed by atoms with Gasteiger partial charge in [0.2, 0.25) is 12.3 Å². The van der Waals surface area contributed by atoms with E-state index in [1.807, 2.05) is 13.8 Å². The second kappa shape index (κ2) is 23.6. The van der Waals surface area contributed by atoms with E-state index >= 15 is 0 Å². The summed E-state index contributed by atoms with van der Waals surface area (Å²) < 4.78 is 21.3. The molecule has 0 aliphatic carbocycles. The molecule has 0 saturated carbocycles. The van der Waals surface area contributed by atoms with Crippen LogP contribution in [0.1, 0.15) is 42.6 Å². The molecule has 0 fully saturated rings. The largest absolute Gasteiger partial charge is 0.483 e. The molecule has 12 nitrogen and oxygen atoms in total. The second-order valence-corrected chi connectivity index (χ2v) is 7.94. The maximum atomic E-state index is 13.2. The van der Waals surface area contributed by atoms with Gasteiger partial charge < -0.3 is 34.7 Å². The van der Waals surface area contributed by atoms with Gasteiger partial charge in [0.25, 0.3) is 11.8 Å². The summed E-state index contributed by atoms with van der Waals surface area (Å²) in [5, 5.41) is 13.7. The molecule has 0 heterocycles. The van der Waals surface area contributed by atoms with Gasteiger partial charge in [-0.05, 0) is 31.9 Å². The molecule has 0 aliphatic heterocycles. The highest BCUT2D eigenvalue weighted by Crippen LogP contribution is 2.23. The van der Waals surface area contributed by atoms with Crippen LogP contribution in [0.25, 0.3) is 0 Å². The van der Waals surface area contributed by atoms with Gasteiger partial charge in [-0.2, -0.15) is 0 Å². The Bertz CT molecular complexity index is 896. The van der Waals surface area contributed by atoms with Crippen molar-refractivity contribution in [3.63, 3.8) is 0 Å². The summed E-state index contributed by atoms with van der Waals surface area (Å²) in [4.78, 5) is 50.2. The third kappa shape index (κ3) is 14.2. The number of amides is 4. The van der Waals surface area contributed by atoms with Crippen LogP contribution in [0.4, 0.5) is 0 Å². The molecule has 40 heavy (non-hydrogen) atoms. The summed E-state index contributed by atoms with van der Waals surface area (Å²) in [6, 6.07) is 3.72. The standard InChI is InChI=1S/C26H39N3O9.C2H6/c1-4-5-8-22(25(33)27-3)29(19-31)26(34)21-7-6-9-23(20(21)2)38-18-24(32)28-10-12-35-14-16-37-17-15-36-13-11-30;1-2/h4,6-7,9,19,22,30H,1,5,8,10-18H2,2-3H3,(H,27,33)(H,28,32);1-2H3. The van der Waals surface area contributed by atoms with E-state index in [9.17, 15) is 19.2 Å². The normalized spacial score (nSPS) is 10.9. The first-order valence-corrected chi connectivity index (χ1v) is 13.3. The average molecular weight is 568 g/mol. The van der Waals surface area contributed by atoms with Crippen LogP contribution >= 0.6 is 0 Å². The molecule has 0 aliphatic rings. The molecule has 1 unspecified atom stereocenters. The SMILES string of the molecule is C=CCCC(C(=O)NC)N(C=O)C(=O)c1cccc(OCC(=O)NCCOCCOCCOCCO)c1C.CC. The Morgan fingerprint density at radius 1 is 1.05 bits per heavy atom. The molecule has 1 atom stereocenters. The topological polar surface area (TPSA) is 153 Å². The van der Waals surface area contributed by atoms with E-state index < -0.39 is 17.9 Å². The summed E-state index contributed by atoms with van der Waals surface area (Å²) in [6.07, 6.45) is 2.62. The van der Waals surface area contributed by atoms with Gasteiger partial charge in [0.1, 0.15) is 11.8 Å². The zero-order valence-corrected chi connectivity index (χ0v) is 24.1. The number of imide groups is 1. The van der Waals surface area contributed by atoms with E-state index in [-0.39, 0.29) is 44.3 Å². The Labute approximate surface area is 237 Å². The Balaban J connectivity index is 0.00000742. The smallest absolute Gasteiger partial charge is 0.261 e. The van der Waals surface area contributed by atoms with E-state index in [0.29, 0.717) is 57.2 Å². The number of aliphatic hydroxyl groups excluding tert-OH is 1. The first-order chi connectivity index (χ1) is 19.4. The Morgan fingerprint density at radius 3 is 2.25 bits per heavy atom. The van der Waals surface area contributed by atoms with Gasteiger partial charge in [-0.15, -0.1) is 6.58 Å². The molecular formula is C28H45N3O9. The molecule has 1 rings (SSSR count). The summed E-state index contributed by atoms with van der Waals surface area (Å²) in [7, 11) is 1.43. The van der Waals surface area contributed by atoms with E-state index in [1.54, 1.807) is 25.1 Å². The fourth-order valence-electron chi connectivity index (χ4n) is 3.31. The molecule has 0 bridgehead atoms. The maximum Gasteiger partial charge on any atom is 0.261 e. The molecule has 1 aromatic carbocycles. The number of carbonyl (C=O) groups is 4. The number of nitrogens with zero attached hydrogens (tertiary/aromatic N) is 1. The zero-order chi connectivity index (χ0) is 30.2. The second-order valence-electron chi connectivity index (χ2n) is 7.94. The summed E-state index contributed by atoms with van der Waals surface area (Å²) in [6.45, 7) is 11.3. The lowest BCUT2D eigenvalue weighted by Gasteiger charge is -2.26. The Kier molecular flexibility index (Phi) is 21.6. The van der Waals surface area contributed by atoms with Gasteiger partial charge in [0, 0.05) is 24.7 Å². The van der Waals surface area contributed by atoms with Crippen molar-refractivity contribution >= 4 is 24.1 Å². The van der Waals surface area contributed by atoms with E-state index in [4.69, 9.17) is 24.1 Å². The number of hydrogen-bond acceptors (Lipinski definition) is 9. The van der Waals surface area contributed by atoms with Crippen molar-refractivity contribution < 1.29 is 43.2 Å². The van der Waals surface area contributed by atoms with Crippen molar-refractivity contribution in [2.45, 2.75) is 39.7 Å². The fourth-order valence-corrected chi connectivity index (χ4v) is 3.31. The van der Waals surface area contributed by atoms with Crippen molar-refractivity contribution in [2.75, 3.05) is 66.4 Å². The number of aliphatic hydroxyl groups is 1. The van der Waals surface area contributed by atoms with Crippen molar-refractivity contribution in [1.29, 1.82) is 0 Å². The summed E-state index contributed by atoms with van der Waals surface area (Å²) in [5.41, 5.74) is 0.611. The number of hydrogen-bond donors (Lipinski definition) is 3. The van der Waals surface area contributed by atoms with Gasteiger partial charge in [-0.25, -0.2) is 0 Å². The molecular weight excluding hydrogens is 522 g/mol. The van der Waals surface area contributed by atoms with Gasteiger partial charge >= 0.3 is 0 Å².